The maximum Gasteiger partial charge on any atom is 0.153 e. The highest BCUT2D eigenvalue weighted by Crippen LogP contribution is 2.35. The lowest BCUT2D eigenvalue weighted by atomic mass is 10.2. The van der Waals surface area contributed by atoms with Gasteiger partial charge in [-0.1, -0.05) is 25.1 Å². The van der Waals surface area contributed by atoms with Crippen LogP contribution in [0.5, 0.6) is 11.5 Å². The second-order valence-electron chi connectivity index (χ2n) is 4.27. The maximum atomic E-state index is 9.37. The Bertz CT molecular complexity index is 642. The Hall–Kier alpha value is -2.12. The summed E-state index contributed by atoms with van der Waals surface area (Å²) in [7, 11) is 0. The summed E-state index contributed by atoms with van der Waals surface area (Å²) in [6.45, 7) is 3.99. The number of nitriles is 1. The molecule has 0 aliphatic rings. The highest BCUT2D eigenvalue weighted by Gasteiger charge is 2.12. The predicted octanol–water partition coefficient (Wildman–Crippen LogP) is 4.35. The summed E-state index contributed by atoms with van der Waals surface area (Å²) < 4.78 is 5.89. The zero-order chi connectivity index (χ0) is 14.5. The minimum absolute atomic E-state index is 0.548. The molecular weight excluding hydrogens is 268 g/mol. The lowest BCUT2D eigenvalue weighted by Crippen LogP contribution is -1.96. The van der Waals surface area contributed by atoms with Crippen LogP contribution >= 0.6 is 11.8 Å². The van der Waals surface area contributed by atoms with Crippen LogP contribution in [0, 0.1) is 18.3 Å². The molecule has 20 heavy (non-hydrogen) atoms. The zero-order valence-electron chi connectivity index (χ0n) is 11.5. The number of hydrogen-bond acceptors (Lipinski definition) is 4. The van der Waals surface area contributed by atoms with E-state index < -0.39 is 0 Å². The molecular formula is C16H16N2OS. The first-order valence-electron chi connectivity index (χ1n) is 6.36. The normalized spacial score (nSPS) is 10.1. The number of para-hydroxylation sites is 1. The molecule has 0 aromatic heterocycles. The quantitative estimate of drug-likeness (QED) is 0.669. The van der Waals surface area contributed by atoms with Crippen molar-refractivity contribution in [3.8, 4) is 17.6 Å². The first-order chi connectivity index (χ1) is 9.67. The summed E-state index contributed by atoms with van der Waals surface area (Å²) in [6.07, 6.45) is 0. The highest BCUT2D eigenvalue weighted by molar-refractivity contribution is 7.99. The molecule has 0 bridgehead atoms. The fourth-order valence-electron chi connectivity index (χ4n) is 1.91. The van der Waals surface area contributed by atoms with E-state index in [2.05, 4.69) is 13.0 Å². The molecule has 3 nitrogen and oxygen atoms in total. The van der Waals surface area contributed by atoms with Gasteiger partial charge in [-0.15, -0.1) is 11.8 Å². The SMILES string of the molecule is CCSc1cccc(Oc2c(C)cccc2N)c1C#N. The summed E-state index contributed by atoms with van der Waals surface area (Å²) in [6, 6.07) is 13.4. The van der Waals surface area contributed by atoms with Crippen LogP contribution in [-0.4, -0.2) is 5.75 Å². The van der Waals surface area contributed by atoms with Gasteiger partial charge >= 0.3 is 0 Å². The number of nitrogens with zero attached hydrogens (tertiary/aromatic N) is 1. The molecule has 4 heteroatoms. The summed E-state index contributed by atoms with van der Waals surface area (Å²) in [5.74, 6) is 2.07. The molecule has 102 valence electrons. The van der Waals surface area contributed by atoms with Crippen molar-refractivity contribution >= 4 is 17.4 Å². The first kappa shape index (κ1) is 14.3. The van der Waals surface area contributed by atoms with Crippen LogP contribution in [0.15, 0.2) is 41.3 Å². The minimum atomic E-state index is 0.548. The standard InChI is InChI=1S/C16H16N2OS/c1-3-20-15-9-5-8-14(12(15)10-17)19-16-11(2)6-4-7-13(16)18/h4-9H,3,18H2,1-2H3. The highest BCUT2D eigenvalue weighted by atomic mass is 32.2. The van der Waals surface area contributed by atoms with Crippen molar-refractivity contribution in [2.45, 2.75) is 18.7 Å². The van der Waals surface area contributed by atoms with E-state index in [1.54, 1.807) is 23.9 Å². The van der Waals surface area contributed by atoms with Crippen LogP contribution in [0.2, 0.25) is 0 Å². The largest absolute Gasteiger partial charge is 0.453 e. The van der Waals surface area contributed by atoms with E-state index in [0.717, 1.165) is 16.2 Å². The number of thioether (sulfide) groups is 1. The lowest BCUT2D eigenvalue weighted by Gasteiger charge is -2.13. The third-order valence-electron chi connectivity index (χ3n) is 2.85. The smallest absolute Gasteiger partial charge is 0.153 e. The Labute approximate surface area is 123 Å². The Morgan fingerprint density at radius 1 is 1.25 bits per heavy atom. The van der Waals surface area contributed by atoms with Crippen LogP contribution in [0.1, 0.15) is 18.1 Å². The number of aryl methyl sites for hydroxylation is 1. The molecule has 0 saturated carbocycles. The molecule has 0 amide bonds. The number of anilines is 1. The van der Waals surface area contributed by atoms with Gasteiger partial charge in [-0.25, -0.2) is 0 Å². The first-order valence-corrected chi connectivity index (χ1v) is 7.34. The van der Waals surface area contributed by atoms with Crippen LogP contribution in [-0.2, 0) is 0 Å². The van der Waals surface area contributed by atoms with E-state index in [-0.39, 0.29) is 0 Å². The molecule has 0 radical (unpaired) electrons. The van der Waals surface area contributed by atoms with Crippen LogP contribution < -0.4 is 10.5 Å². The van der Waals surface area contributed by atoms with Crippen molar-refractivity contribution in [3.05, 3.63) is 47.5 Å². The summed E-state index contributed by atoms with van der Waals surface area (Å²) in [5.41, 5.74) is 8.02. The number of hydrogen-bond donors (Lipinski definition) is 1. The summed E-state index contributed by atoms with van der Waals surface area (Å²) in [5, 5.41) is 9.37. The molecule has 2 aromatic carbocycles. The number of rotatable bonds is 4. The second kappa shape index (κ2) is 6.36. The van der Waals surface area contributed by atoms with Crippen LogP contribution in [0.3, 0.4) is 0 Å². The topological polar surface area (TPSA) is 59.0 Å². The van der Waals surface area contributed by atoms with Gasteiger partial charge in [0, 0.05) is 4.90 Å². The predicted molar refractivity (Wildman–Crippen MR) is 83.2 cm³/mol. The van der Waals surface area contributed by atoms with E-state index in [1.807, 2.05) is 31.2 Å². The third-order valence-corrected chi connectivity index (χ3v) is 3.79. The number of benzene rings is 2. The molecule has 0 aliphatic heterocycles. The Balaban J connectivity index is 2.44. The van der Waals surface area contributed by atoms with E-state index in [4.69, 9.17) is 10.5 Å². The molecule has 2 N–H and O–H groups in total. The molecule has 0 fully saturated rings. The molecule has 0 aliphatic carbocycles. The van der Waals surface area contributed by atoms with Crippen molar-refractivity contribution in [1.29, 1.82) is 5.26 Å². The van der Waals surface area contributed by atoms with E-state index in [0.29, 0.717) is 22.7 Å². The van der Waals surface area contributed by atoms with E-state index >= 15 is 0 Å². The van der Waals surface area contributed by atoms with Crippen molar-refractivity contribution in [1.82, 2.24) is 0 Å². The van der Waals surface area contributed by atoms with Gasteiger partial charge in [0.15, 0.2) is 5.75 Å². The monoisotopic (exact) mass is 284 g/mol. The van der Waals surface area contributed by atoms with Crippen molar-refractivity contribution in [3.63, 3.8) is 0 Å². The molecule has 2 rings (SSSR count). The van der Waals surface area contributed by atoms with E-state index in [9.17, 15) is 5.26 Å². The van der Waals surface area contributed by atoms with Crippen molar-refractivity contribution in [2.75, 3.05) is 11.5 Å². The number of ether oxygens (including phenoxy) is 1. The van der Waals surface area contributed by atoms with E-state index in [1.165, 1.54) is 0 Å². The average Bonchev–Trinajstić information content (AvgIpc) is 2.43. The molecule has 0 heterocycles. The molecule has 2 aromatic rings. The van der Waals surface area contributed by atoms with Gasteiger partial charge in [0.2, 0.25) is 0 Å². The molecule has 0 unspecified atom stereocenters. The van der Waals surface area contributed by atoms with Gasteiger partial charge in [-0.3, -0.25) is 0 Å². The van der Waals surface area contributed by atoms with Crippen molar-refractivity contribution in [2.24, 2.45) is 0 Å². The lowest BCUT2D eigenvalue weighted by molar-refractivity contribution is 0.478. The average molecular weight is 284 g/mol. The Kier molecular flexibility index (Phi) is 4.54. The Morgan fingerprint density at radius 2 is 2.00 bits per heavy atom. The van der Waals surface area contributed by atoms with Gasteiger partial charge in [0.1, 0.15) is 17.4 Å². The molecule has 0 atom stereocenters. The molecule has 0 saturated heterocycles. The summed E-state index contributed by atoms with van der Waals surface area (Å²) in [4.78, 5) is 0.930. The fourth-order valence-corrected chi connectivity index (χ4v) is 2.68. The van der Waals surface area contributed by atoms with Crippen molar-refractivity contribution < 1.29 is 4.74 Å². The maximum absolute atomic E-state index is 9.37. The fraction of sp³-hybridized carbons (Fsp3) is 0.188. The summed E-state index contributed by atoms with van der Waals surface area (Å²) >= 11 is 1.63. The van der Waals surface area contributed by atoms with Gasteiger partial charge in [0.05, 0.1) is 5.69 Å². The third kappa shape index (κ3) is 2.89. The number of nitrogens with two attached hydrogens (primary N) is 1. The van der Waals surface area contributed by atoms with Crippen LogP contribution in [0.4, 0.5) is 5.69 Å². The second-order valence-corrected chi connectivity index (χ2v) is 5.58. The zero-order valence-corrected chi connectivity index (χ0v) is 12.3. The van der Waals surface area contributed by atoms with Gasteiger partial charge in [0.25, 0.3) is 0 Å². The Morgan fingerprint density at radius 3 is 2.65 bits per heavy atom. The number of nitrogen functional groups attached to an aromatic ring is 1. The van der Waals surface area contributed by atoms with Gasteiger partial charge < -0.3 is 10.5 Å². The molecule has 0 spiro atoms. The van der Waals surface area contributed by atoms with Crippen LogP contribution in [0.25, 0.3) is 0 Å². The minimum Gasteiger partial charge on any atom is -0.453 e. The van der Waals surface area contributed by atoms with Gasteiger partial charge in [-0.2, -0.15) is 5.26 Å². The van der Waals surface area contributed by atoms with Gasteiger partial charge in [-0.05, 0) is 36.4 Å².